The molecule has 0 spiro atoms. The Bertz CT molecular complexity index is 582. The maximum atomic E-state index is 12.2. The first-order valence-corrected chi connectivity index (χ1v) is 8.37. The molecule has 2 unspecified atom stereocenters. The predicted octanol–water partition coefficient (Wildman–Crippen LogP) is 3.08. The normalized spacial score (nSPS) is 22.0. The predicted molar refractivity (Wildman–Crippen MR) is 90.5 cm³/mol. The zero-order valence-corrected chi connectivity index (χ0v) is 14.8. The molecule has 0 bridgehead atoms. The van der Waals surface area contributed by atoms with Gasteiger partial charge in [-0.1, -0.05) is 13.8 Å². The molecule has 5 nitrogen and oxygen atoms in total. The fraction of sp³-hybridized carbons (Fsp3) is 0.647. The van der Waals surface area contributed by atoms with Gasteiger partial charge < -0.3 is 15.0 Å². The Morgan fingerprint density at radius 3 is 2.64 bits per heavy atom. The summed E-state index contributed by atoms with van der Waals surface area (Å²) in [6, 6.07) is 3.25. The highest BCUT2D eigenvalue weighted by molar-refractivity contribution is 5.80. The molecule has 140 valence electrons. The first kappa shape index (κ1) is 19.3. The highest BCUT2D eigenvalue weighted by Crippen LogP contribution is 2.21. The van der Waals surface area contributed by atoms with E-state index in [1.54, 1.807) is 13.1 Å². The summed E-state index contributed by atoms with van der Waals surface area (Å²) in [6.07, 6.45) is -1.73. The van der Waals surface area contributed by atoms with E-state index in [1.807, 2.05) is 0 Å². The van der Waals surface area contributed by atoms with E-state index in [1.165, 1.54) is 18.7 Å². The molecule has 1 aromatic heterocycles. The Labute approximate surface area is 146 Å². The van der Waals surface area contributed by atoms with Crippen LogP contribution in [0, 0.1) is 11.8 Å². The molecule has 2 rings (SSSR count). The van der Waals surface area contributed by atoms with Gasteiger partial charge in [0.2, 0.25) is 5.88 Å². The molecule has 2 heterocycles. The summed E-state index contributed by atoms with van der Waals surface area (Å²) in [5, 5.41) is 3.27. The number of nitrogens with one attached hydrogen (secondary N) is 1. The van der Waals surface area contributed by atoms with E-state index in [4.69, 9.17) is 0 Å². The lowest BCUT2D eigenvalue weighted by Crippen LogP contribution is -2.48. The highest BCUT2D eigenvalue weighted by Gasteiger charge is 2.28. The number of pyridine rings is 1. The summed E-state index contributed by atoms with van der Waals surface area (Å²) in [5.74, 6) is 1.97. The number of hydrogen-bond donors (Lipinski definition) is 1. The molecule has 1 N–H and O–H groups in total. The fourth-order valence-electron chi connectivity index (χ4n) is 3.14. The zero-order valence-electron chi connectivity index (χ0n) is 14.8. The van der Waals surface area contributed by atoms with Gasteiger partial charge in [0, 0.05) is 38.9 Å². The second-order valence-electron chi connectivity index (χ2n) is 6.66. The number of ether oxygens (including phenoxy) is 1. The summed E-state index contributed by atoms with van der Waals surface area (Å²) >= 11 is 0. The van der Waals surface area contributed by atoms with E-state index < -0.39 is 12.8 Å². The van der Waals surface area contributed by atoms with Crippen molar-refractivity contribution in [2.45, 2.75) is 33.0 Å². The minimum absolute atomic E-state index is 0.0353. The van der Waals surface area contributed by atoms with Crippen molar-refractivity contribution in [3.05, 3.63) is 23.9 Å². The quantitative estimate of drug-likeness (QED) is 0.664. The van der Waals surface area contributed by atoms with Gasteiger partial charge in [-0.15, -0.1) is 0 Å². The van der Waals surface area contributed by atoms with Crippen molar-refractivity contribution in [2.24, 2.45) is 16.8 Å². The number of alkyl halides is 3. The van der Waals surface area contributed by atoms with Crippen LogP contribution in [-0.4, -0.2) is 48.8 Å². The van der Waals surface area contributed by atoms with Crippen molar-refractivity contribution >= 4 is 5.96 Å². The number of nitrogens with zero attached hydrogens (tertiary/aromatic N) is 3. The Balaban J connectivity index is 1.93. The number of aliphatic imine (C=N–C) groups is 1. The lowest BCUT2D eigenvalue weighted by molar-refractivity contribution is -0.154. The average molecular weight is 358 g/mol. The van der Waals surface area contributed by atoms with Crippen molar-refractivity contribution in [1.82, 2.24) is 15.2 Å². The SMILES string of the molecule is CN=C(NCc1ccnc(OCC(F)(F)F)c1)N1CC(C)CC(C)C1. The maximum absolute atomic E-state index is 12.2. The van der Waals surface area contributed by atoms with Crippen molar-refractivity contribution in [3.8, 4) is 5.88 Å². The molecule has 1 aliphatic heterocycles. The van der Waals surface area contributed by atoms with Gasteiger partial charge in [0.25, 0.3) is 0 Å². The summed E-state index contributed by atoms with van der Waals surface area (Å²) in [7, 11) is 1.73. The molecule has 0 aromatic carbocycles. The molecule has 0 radical (unpaired) electrons. The van der Waals surface area contributed by atoms with Crippen LogP contribution in [0.2, 0.25) is 0 Å². The van der Waals surface area contributed by atoms with Gasteiger partial charge in [0.05, 0.1) is 0 Å². The topological polar surface area (TPSA) is 49.8 Å². The lowest BCUT2D eigenvalue weighted by Gasteiger charge is -2.37. The second-order valence-corrected chi connectivity index (χ2v) is 6.66. The van der Waals surface area contributed by atoms with Gasteiger partial charge in [-0.05, 0) is 29.9 Å². The monoisotopic (exact) mass is 358 g/mol. The molecule has 1 fully saturated rings. The van der Waals surface area contributed by atoms with E-state index in [2.05, 4.69) is 38.8 Å². The molecule has 2 atom stereocenters. The van der Waals surface area contributed by atoms with Gasteiger partial charge in [0.1, 0.15) is 0 Å². The minimum atomic E-state index is -4.38. The van der Waals surface area contributed by atoms with E-state index in [0.29, 0.717) is 18.4 Å². The molecular formula is C17H25F3N4O. The van der Waals surface area contributed by atoms with Crippen molar-refractivity contribution in [3.63, 3.8) is 0 Å². The number of piperidine rings is 1. The van der Waals surface area contributed by atoms with E-state index >= 15 is 0 Å². The van der Waals surface area contributed by atoms with Crippen molar-refractivity contribution in [2.75, 3.05) is 26.7 Å². The molecule has 1 saturated heterocycles. The minimum Gasteiger partial charge on any atom is -0.468 e. The summed E-state index contributed by atoms with van der Waals surface area (Å²) in [5.41, 5.74) is 0.784. The van der Waals surface area contributed by atoms with Crippen LogP contribution in [0.25, 0.3) is 0 Å². The van der Waals surface area contributed by atoms with Crippen LogP contribution >= 0.6 is 0 Å². The smallest absolute Gasteiger partial charge is 0.422 e. The van der Waals surface area contributed by atoms with Crippen LogP contribution < -0.4 is 10.1 Å². The number of rotatable bonds is 4. The third-order valence-electron chi connectivity index (χ3n) is 4.01. The average Bonchev–Trinajstić information content (AvgIpc) is 2.52. The van der Waals surface area contributed by atoms with Crippen molar-refractivity contribution in [1.29, 1.82) is 0 Å². The van der Waals surface area contributed by atoms with E-state index in [9.17, 15) is 13.2 Å². The Hall–Kier alpha value is -1.99. The standard InChI is InChI=1S/C17H25F3N4O/c1-12-6-13(2)10-24(9-12)16(21-3)23-8-14-4-5-22-15(7-14)25-11-17(18,19)20/h4-5,7,12-13H,6,8-11H2,1-3H3,(H,21,23). The Morgan fingerprint density at radius 1 is 1.36 bits per heavy atom. The van der Waals surface area contributed by atoms with Crippen LogP contribution in [0.15, 0.2) is 23.3 Å². The number of aromatic nitrogens is 1. The van der Waals surface area contributed by atoms with Gasteiger partial charge >= 0.3 is 6.18 Å². The Kier molecular flexibility index (Phi) is 6.50. The molecule has 25 heavy (non-hydrogen) atoms. The van der Waals surface area contributed by atoms with Crippen molar-refractivity contribution < 1.29 is 17.9 Å². The van der Waals surface area contributed by atoms with Gasteiger partial charge in [0.15, 0.2) is 12.6 Å². The maximum Gasteiger partial charge on any atom is 0.422 e. The Morgan fingerprint density at radius 2 is 2.04 bits per heavy atom. The van der Waals surface area contributed by atoms with Crippen LogP contribution in [0.4, 0.5) is 13.2 Å². The third-order valence-corrected chi connectivity index (χ3v) is 4.01. The number of hydrogen-bond acceptors (Lipinski definition) is 3. The van der Waals surface area contributed by atoms with E-state index in [0.717, 1.165) is 24.6 Å². The molecule has 0 aliphatic carbocycles. The molecule has 1 aromatic rings. The number of halogens is 3. The van der Waals surface area contributed by atoms with Crippen LogP contribution in [0.5, 0.6) is 5.88 Å². The first-order valence-electron chi connectivity index (χ1n) is 8.37. The lowest BCUT2D eigenvalue weighted by atomic mass is 9.92. The largest absolute Gasteiger partial charge is 0.468 e. The van der Waals surface area contributed by atoms with E-state index in [-0.39, 0.29) is 5.88 Å². The van der Waals surface area contributed by atoms with Crippen LogP contribution in [0.1, 0.15) is 25.8 Å². The van der Waals surface area contributed by atoms with Gasteiger partial charge in [-0.3, -0.25) is 4.99 Å². The van der Waals surface area contributed by atoms with Gasteiger partial charge in [-0.2, -0.15) is 13.2 Å². The van der Waals surface area contributed by atoms with Gasteiger partial charge in [-0.25, -0.2) is 4.98 Å². The number of guanidine groups is 1. The number of likely N-dealkylation sites (tertiary alicyclic amines) is 1. The third kappa shape index (κ3) is 6.43. The van der Waals surface area contributed by atoms with Crippen LogP contribution in [-0.2, 0) is 6.54 Å². The summed E-state index contributed by atoms with van der Waals surface area (Å²) in [4.78, 5) is 10.4. The van der Waals surface area contributed by atoms with Crippen LogP contribution in [0.3, 0.4) is 0 Å². The fourth-order valence-corrected chi connectivity index (χ4v) is 3.14. The second kappa shape index (κ2) is 8.40. The molecular weight excluding hydrogens is 333 g/mol. The first-order chi connectivity index (χ1) is 11.8. The molecule has 1 aliphatic rings. The zero-order chi connectivity index (χ0) is 18.4. The molecule has 8 heteroatoms. The highest BCUT2D eigenvalue weighted by atomic mass is 19.4. The molecule has 0 amide bonds. The summed E-state index contributed by atoms with van der Waals surface area (Å²) < 4.78 is 41.4. The molecule has 0 saturated carbocycles. The summed E-state index contributed by atoms with van der Waals surface area (Å²) in [6.45, 7) is 5.44.